The summed E-state index contributed by atoms with van der Waals surface area (Å²) in [5.41, 5.74) is 2.93. The van der Waals surface area contributed by atoms with Gasteiger partial charge in [-0.3, -0.25) is 4.98 Å². The van der Waals surface area contributed by atoms with Crippen LogP contribution in [0.3, 0.4) is 0 Å². The maximum Gasteiger partial charge on any atom is 0.124 e. The molecule has 1 N–H and O–H groups in total. The van der Waals surface area contributed by atoms with E-state index in [0.717, 1.165) is 27.8 Å². The van der Waals surface area contributed by atoms with Gasteiger partial charge in [-0.2, -0.15) is 0 Å². The minimum atomic E-state index is 0.558. The summed E-state index contributed by atoms with van der Waals surface area (Å²) in [5, 5.41) is 4.23. The summed E-state index contributed by atoms with van der Waals surface area (Å²) in [6.45, 7) is 1.37. The lowest BCUT2D eigenvalue weighted by atomic mass is 10.2. The van der Waals surface area contributed by atoms with E-state index in [2.05, 4.69) is 10.3 Å². The molecule has 1 aliphatic carbocycles. The SMILES string of the molecule is Clc1ccc(OCc2cncs2)c(CNC2CC2)c1. The Labute approximate surface area is 121 Å². The fourth-order valence-electron chi connectivity index (χ4n) is 1.83. The van der Waals surface area contributed by atoms with E-state index >= 15 is 0 Å². The van der Waals surface area contributed by atoms with Crippen molar-refractivity contribution in [3.8, 4) is 5.75 Å². The van der Waals surface area contributed by atoms with Gasteiger partial charge in [0.05, 0.1) is 10.4 Å². The lowest BCUT2D eigenvalue weighted by molar-refractivity contribution is 0.305. The van der Waals surface area contributed by atoms with E-state index < -0.39 is 0 Å². The van der Waals surface area contributed by atoms with Gasteiger partial charge in [0.25, 0.3) is 0 Å². The van der Waals surface area contributed by atoms with Gasteiger partial charge in [-0.15, -0.1) is 11.3 Å². The summed E-state index contributed by atoms with van der Waals surface area (Å²) < 4.78 is 5.86. The molecule has 2 aromatic rings. The fourth-order valence-corrected chi connectivity index (χ4v) is 2.53. The second-order valence-electron chi connectivity index (χ2n) is 4.66. The van der Waals surface area contributed by atoms with Gasteiger partial charge in [-0.25, -0.2) is 0 Å². The lowest BCUT2D eigenvalue weighted by Crippen LogP contribution is -2.16. The van der Waals surface area contributed by atoms with E-state index in [-0.39, 0.29) is 0 Å². The first kappa shape index (κ1) is 12.9. The fraction of sp³-hybridized carbons (Fsp3) is 0.357. The van der Waals surface area contributed by atoms with Crippen LogP contribution in [0.2, 0.25) is 5.02 Å². The topological polar surface area (TPSA) is 34.1 Å². The van der Waals surface area contributed by atoms with Crippen LogP contribution >= 0.6 is 22.9 Å². The molecule has 0 spiro atoms. The zero-order chi connectivity index (χ0) is 13.1. The second-order valence-corrected chi connectivity index (χ2v) is 6.07. The molecule has 0 amide bonds. The molecule has 3 rings (SSSR count). The van der Waals surface area contributed by atoms with E-state index in [4.69, 9.17) is 16.3 Å². The third-order valence-corrected chi connectivity index (χ3v) is 4.02. The highest BCUT2D eigenvalue weighted by Gasteiger charge is 2.20. The number of hydrogen-bond acceptors (Lipinski definition) is 4. The number of hydrogen-bond donors (Lipinski definition) is 1. The number of halogens is 1. The normalized spacial score (nSPS) is 14.6. The molecular weight excluding hydrogens is 280 g/mol. The lowest BCUT2D eigenvalue weighted by Gasteiger charge is -2.12. The Balaban J connectivity index is 1.67. The molecule has 100 valence electrons. The molecular formula is C14H15ClN2OS. The van der Waals surface area contributed by atoms with Crippen molar-refractivity contribution in [2.45, 2.75) is 32.0 Å². The van der Waals surface area contributed by atoms with E-state index in [1.165, 1.54) is 12.8 Å². The summed E-state index contributed by atoms with van der Waals surface area (Å²) in [4.78, 5) is 5.17. The summed E-state index contributed by atoms with van der Waals surface area (Å²) in [7, 11) is 0. The summed E-state index contributed by atoms with van der Waals surface area (Å²) in [6.07, 6.45) is 4.39. The minimum Gasteiger partial charge on any atom is -0.488 e. The third kappa shape index (κ3) is 3.69. The summed E-state index contributed by atoms with van der Waals surface area (Å²) >= 11 is 7.66. The Morgan fingerprint density at radius 3 is 3.05 bits per heavy atom. The standard InChI is InChI=1S/C14H15ClN2OS/c15-11-1-4-14(18-8-13-7-16-9-19-13)10(5-11)6-17-12-2-3-12/h1,4-5,7,9,12,17H,2-3,6,8H2. The van der Waals surface area contributed by atoms with Crippen LogP contribution in [0.15, 0.2) is 29.9 Å². The molecule has 1 fully saturated rings. The molecule has 0 bridgehead atoms. The van der Waals surface area contributed by atoms with Gasteiger partial charge in [-0.05, 0) is 31.0 Å². The van der Waals surface area contributed by atoms with Crippen molar-refractivity contribution >= 4 is 22.9 Å². The van der Waals surface area contributed by atoms with E-state index in [1.54, 1.807) is 11.3 Å². The van der Waals surface area contributed by atoms with Crippen LogP contribution in [0, 0.1) is 0 Å². The van der Waals surface area contributed by atoms with Gasteiger partial charge in [0.2, 0.25) is 0 Å². The summed E-state index contributed by atoms with van der Waals surface area (Å²) in [6, 6.07) is 6.45. The molecule has 1 saturated carbocycles. The molecule has 0 aliphatic heterocycles. The van der Waals surface area contributed by atoms with Gasteiger partial charge in [0.1, 0.15) is 12.4 Å². The van der Waals surface area contributed by atoms with Crippen molar-refractivity contribution in [2.24, 2.45) is 0 Å². The molecule has 5 heteroatoms. The number of rotatable bonds is 6. The van der Waals surface area contributed by atoms with Gasteiger partial charge in [-0.1, -0.05) is 11.6 Å². The van der Waals surface area contributed by atoms with Crippen molar-refractivity contribution in [3.63, 3.8) is 0 Å². The average molecular weight is 295 g/mol. The largest absolute Gasteiger partial charge is 0.488 e. The van der Waals surface area contributed by atoms with Crippen LogP contribution in [-0.2, 0) is 13.2 Å². The highest BCUT2D eigenvalue weighted by Crippen LogP contribution is 2.26. The zero-order valence-electron chi connectivity index (χ0n) is 10.4. The molecule has 1 heterocycles. The maximum atomic E-state index is 6.06. The highest BCUT2D eigenvalue weighted by atomic mass is 35.5. The molecule has 0 unspecified atom stereocenters. The van der Waals surface area contributed by atoms with Crippen LogP contribution < -0.4 is 10.1 Å². The molecule has 1 aromatic heterocycles. The molecule has 1 aromatic carbocycles. The Morgan fingerprint density at radius 1 is 1.42 bits per heavy atom. The van der Waals surface area contributed by atoms with Crippen molar-refractivity contribution in [3.05, 3.63) is 45.4 Å². The quantitative estimate of drug-likeness (QED) is 0.883. The van der Waals surface area contributed by atoms with Crippen LogP contribution in [0.25, 0.3) is 0 Å². The van der Waals surface area contributed by atoms with Crippen molar-refractivity contribution < 1.29 is 4.74 Å². The summed E-state index contributed by atoms with van der Waals surface area (Å²) in [5.74, 6) is 0.894. The van der Waals surface area contributed by atoms with Crippen LogP contribution in [0.4, 0.5) is 0 Å². The number of nitrogens with one attached hydrogen (secondary N) is 1. The van der Waals surface area contributed by atoms with Crippen molar-refractivity contribution in [2.75, 3.05) is 0 Å². The third-order valence-electron chi connectivity index (χ3n) is 3.03. The Morgan fingerprint density at radius 2 is 2.32 bits per heavy atom. The Hall–Kier alpha value is -1.10. The maximum absolute atomic E-state index is 6.06. The van der Waals surface area contributed by atoms with Crippen LogP contribution in [0.1, 0.15) is 23.3 Å². The van der Waals surface area contributed by atoms with Crippen LogP contribution in [0.5, 0.6) is 5.75 Å². The number of benzene rings is 1. The molecule has 3 nitrogen and oxygen atoms in total. The van der Waals surface area contributed by atoms with Crippen molar-refractivity contribution in [1.82, 2.24) is 10.3 Å². The first-order valence-corrected chi connectivity index (χ1v) is 7.59. The predicted molar refractivity (Wildman–Crippen MR) is 77.8 cm³/mol. The van der Waals surface area contributed by atoms with E-state index in [0.29, 0.717) is 12.6 Å². The van der Waals surface area contributed by atoms with Crippen molar-refractivity contribution in [1.29, 1.82) is 0 Å². The first-order valence-electron chi connectivity index (χ1n) is 6.33. The molecule has 19 heavy (non-hydrogen) atoms. The van der Waals surface area contributed by atoms with E-state index in [9.17, 15) is 0 Å². The highest BCUT2D eigenvalue weighted by molar-refractivity contribution is 7.09. The molecule has 0 saturated heterocycles. The van der Waals surface area contributed by atoms with Gasteiger partial charge in [0, 0.05) is 29.4 Å². The number of thiazole rings is 1. The average Bonchev–Trinajstić information content (AvgIpc) is 3.10. The second kappa shape index (κ2) is 5.90. The van der Waals surface area contributed by atoms with E-state index in [1.807, 2.05) is 29.9 Å². The van der Waals surface area contributed by atoms with Gasteiger partial charge in [0.15, 0.2) is 0 Å². The monoisotopic (exact) mass is 294 g/mol. The van der Waals surface area contributed by atoms with Gasteiger partial charge >= 0.3 is 0 Å². The smallest absolute Gasteiger partial charge is 0.124 e. The number of aromatic nitrogens is 1. The molecule has 0 atom stereocenters. The Bertz CT molecular complexity index is 540. The van der Waals surface area contributed by atoms with Crippen LogP contribution in [-0.4, -0.2) is 11.0 Å². The minimum absolute atomic E-state index is 0.558. The predicted octanol–water partition coefficient (Wildman–Crippen LogP) is 3.63. The number of nitrogens with zero attached hydrogens (tertiary/aromatic N) is 1. The number of ether oxygens (including phenoxy) is 1. The molecule has 0 radical (unpaired) electrons. The van der Waals surface area contributed by atoms with Gasteiger partial charge < -0.3 is 10.1 Å². The first-order chi connectivity index (χ1) is 9.31. The molecule has 1 aliphatic rings. The Kier molecular flexibility index (Phi) is 4.01. The zero-order valence-corrected chi connectivity index (χ0v) is 12.0.